The zero-order valence-corrected chi connectivity index (χ0v) is 15.2. The fraction of sp³-hybridized carbons (Fsp3) is 0.938. The second-order valence-corrected chi connectivity index (χ2v) is 8.26. The maximum absolute atomic E-state index is 11.5. The van der Waals surface area contributed by atoms with Gasteiger partial charge in [0.15, 0.2) is 0 Å². The summed E-state index contributed by atoms with van der Waals surface area (Å²) >= 11 is 0. The van der Waals surface area contributed by atoms with Crippen molar-refractivity contribution >= 4 is 13.0 Å². The first-order chi connectivity index (χ1) is 9.28. The van der Waals surface area contributed by atoms with Crippen LogP contribution >= 0.6 is 0 Å². The molecule has 1 amide bonds. The number of carbonyl (C=O) groups is 1. The van der Waals surface area contributed by atoms with Crippen molar-refractivity contribution in [2.75, 3.05) is 0 Å². The molecule has 1 fully saturated rings. The van der Waals surface area contributed by atoms with Gasteiger partial charge in [0.2, 0.25) is 5.91 Å². The van der Waals surface area contributed by atoms with Crippen LogP contribution in [0.25, 0.3) is 0 Å². The largest absolute Gasteiger partial charge is 0.463 e. The zero-order valence-electron chi connectivity index (χ0n) is 15.2. The molecule has 1 aliphatic heterocycles. The Bertz CT molecular complexity index is 375. The van der Waals surface area contributed by atoms with Crippen molar-refractivity contribution in [1.29, 1.82) is 0 Å². The minimum absolute atomic E-state index is 0.0229. The quantitative estimate of drug-likeness (QED) is 0.791. The van der Waals surface area contributed by atoms with Gasteiger partial charge in [-0.1, -0.05) is 13.8 Å². The number of amides is 1. The Morgan fingerprint density at radius 2 is 1.57 bits per heavy atom. The molecule has 0 spiro atoms. The van der Waals surface area contributed by atoms with Gasteiger partial charge in [-0.25, -0.2) is 0 Å². The third-order valence-electron chi connectivity index (χ3n) is 4.75. The first-order valence-electron chi connectivity index (χ1n) is 7.93. The second-order valence-electron chi connectivity index (χ2n) is 8.26. The second kappa shape index (κ2) is 5.92. The zero-order chi connectivity index (χ0) is 16.6. The molecule has 1 saturated heterocycles. The Hall–Kier alpha value is -0.545. The van der Waals surface area contributed by atoms with Gasteiger partial charge in [0, 0.05) is 18.3 Å². The molecule has 1 unspecified atom stereocenters. The van der Waals surface area contributed by atoms with Crippen LogP contribution in [-0.2, 0) is 14.1 Å². The highest BCUT2D eigenvalue weighted by atomic mass is 16.7. The van der Waals surface area contributed by atoms with Crippen molar-refractivity contribution in [3.05, 3.63) is 0 Å². The molecule has 0 aliphatic carbocycles. The molecule has 1 aliphatic rings. The van der Waals surface area contributed by atoms with Gasteiger partial charge in [-0.05, 0) is 53.9 Å². The maximum Gasteiger partial charge on any atom is 0.463 e. The SMILES string of the molecule is CC(=O)NC(C)(C)C(CC(C)C)B1OC(C)(C)C(C)(C)O1. The van der Waals surface area contributed by atoms with E-state index in [4.69, 9.17) is 9.31 Å². The van der Waals surface area contributed by atoms with Crippen molar-refractivity contribution in [3.8, 4) is 0 Å². The van der Waals surface area contributed by atoms with Gasteiger partial charge in [-0.3, -0.25) is 4.79 Å². The molecule has 1 N–H and O–H groups in total. The van der Waals surface area contributed by atoms with E-state index >= 15 is 0 Å². The molecular weight excluding hydrogens is 265 g/mol. The first kappa shape index (κ1) is 18.5. The maximum atomic E-state index is 11.5. The first-order valence-corrected chi connectivity index (χ1v) is 7.93. The molecule has 0 aromatic carbocycles. The van der Waals surface area contributed by atoms with E-state index in [2.05, 4.69) is 46.9 Å². The summed E-state index contributed by atoms with van der Waals surface area (Å²) in [4.78, 5) is 11.5. The normalized spacial score (nSPS) is 22.5. The number of nitrogens with one attached hydrogen (secondary N) is 1. The van der Waals surface area contributed by atoms with Crippen LogP contribution in [0.4, 0.5) is 0 Å². The van der Waals surface area contributed by atoms with Crippen LogP contribution in [0.3, 0.4) is 0 Å². The van der Waals surface area contributed by atoms with Crippen LogP contribution in [0.1, 0.15) is 68.7 Å². The standard InChI is InChI=1S/C16H32BNO3/c1-11(2)10-13(14(4,5)18-12(3)19)17-20-15(6,7)16(8,9)21-17/h11,13H,10H2,1-9H3,(H,18,19). The predicted molar refractivity (Wildman–Crippen MR) is 87.2 cm³/mol. The van der Waals surface area contributed by atoms with Crippen LogP contribution in [0.15, 0.2) is 0 Å². The minimum Gasteiger partial charge on any atom is -0.403 e. The highest BCUT2D eigenvalue weighted by Gasteiger charge is 2.56. The number of carbonyl (C=O) groups excluding carboxylic acids is 1. The summed E-state index contributed by atoms with van der Waals surface area (Å²) < 4.78 is 12.4. The van der Waals surface area contributed by atoms with Crippen LogP contribution in [0, 0.1) is 5.92 Å². The summed E-state index contributed by atoms with van der Waals surface area (Å²) in [5.74, 6) is 0.579. The van der Waals surface area contributed by atoms with Crippen molar-refractivity contribution in [2.24, 2.45) is 5.92 Å². The van der Waals surface area contributed by atoms with Crippen LogP contribution < -0.4 is 5.32 Å². The van der Waals surface area contributed by atoms with E-state index in [9.17, 15) is 4.79 Å². The van der Waals surface area contributed by atoms with E-state index in [1.54, 1.807) is 6.92 Å². The van der Waals surface area contributed by atoms with Crippen molar-refractivity contribution < 1.29 is 14.1 Å². The summed E-state index contributed by atoms with van der Waals surface area (Å²) in [6.07, 6.45) is 0.935. The molecule has 0 aromatic heterocycles. The van der Waals surface area contributed by atoms with Gasteiger partial charge in [0.05, 0.1) is 11.2 Å². The van der Waals surface area contributed by atoms with Crippen molar-refractivity contribution in [3.63, 3.8) is 0 Å². The van der Waals surface area contributed by atoms with Gasteiger partial charge in [-0.2, -0.15) is 0 Å². The van der Waals surface area contributed by atoms with E-state index in [0.717, 1.165) is 6.42 Å². The van der Waals surface area contributed by atoms with Gasteiger partial charge in [0.25, 0.3) is 0 Å². The molecule has 0 saturated carbocycles. The molecule has 0 aromatic rings. The Labute approximate surface area is 130 Å². The lowest BCUT2D eigenvalue weighted by Crippen LogP contribution is -2.51. The highest BCUT2D eigenvalue weighted by molar-refractivity contribution is 6.48. The van der Waals surface area contributed by atoms with Gasteiger partial charge < -0.3 is 14.6 Å². The lowest BCUT2D eigenvalue weighted by molar-refractivity contribution is -0.120. The van der Waals surface area contributed by atoms with E-state index in [0.29, 0.717) is 5.92 Å². The number of hydrogen-bond donors (Lipinski definition) is 1. The Morgan fingerprint density at radius 1 is 1.14 bits per heavy atom. The molecule has 122 valence electrons. The molecule has 1 atom stereocenters. The Kier molecular flexibility index (Phi) is 5.22. The molecule has 0 bridgehead atoms. The van der Waals surface area contributed by atoms with E-state index in [1.807, 2.05) is 13.8 Å². The molecule has 1 rings (SSSR count). The average Bonchev–Trinajstić information content (AvgIpc) is 2.42. The molecular formula is C16H32BNO3. The van der Waals surface area contributed by atoms with Crippen LogP contribution in [0.2, 0.25) is 5.82 Å². The number of hydrogen-bond acceptors (Lipinski definition) is 3. The predicted octanol–water partition coefficient (Wildman–Crippen LogP) is 3.41. The highest BCUT2D eigenvalue weighted by Crippen LogP contribution is 2.44. The van der Waals surface area contributed by atoms with Crippen LogP contribution in [-0.4, -0.2) is 29.8 Å². The van der Waals surface area contributed by atoms with Crippen molar-refractivity contribution in [2.45, 2.75) is 91.3 Å². The molecule has 21 heavy (non-hydrogen) atoms. The Morgan fingerprint density at radius 3 is 1.90 bits per heavy atom. The Balaban J connectivity index is 3.02. The summed E-state index contributed by atoms with van der Waals surface area (Å²) in [5.41, 5.74) is -1.07. The van der Waals surface area contributed by atoms with Crippen molar-refractivity contribution in [1.82, 2.24) is 5.32 Å². The van der Waals surface area contributed by atoms with Gasteiger partial charge >= 0.3 is 7.12 Å². The smallest absolute Gasteiger partial charge is 0.403 e. The molecule has 4 nitrogen and oxygen atoms in total. The topological polar surface area (TPSA) is 47.6 Å². The number of rotatable bonds is 5. The third-order valence-corrected chi connectivity index (χ3v) is 4.75. The van der Waals surface area contributed by atoms with E-state index in [1.165, 1.54) is 0 Å². The van der Waals surface area contributed by atoms with E-state index < -0.39 is 0 Å². The summed E-state index contributed by atoms with van der Waals surface area (Å²) in [5, 5.41) is 3.06. The molecule has 1 heterocycles. The van der Waals surface area contributed by atoms with E-state index in [-0.39, 0.29) is 35.6 Å². The monoisotopic (exact) mass is 297 g/mol. The van der Waals surface area contributed by atoms with Gasteiger partial charge in [0.1, 0.15) is 0 Å². The summed E-state index contributed by atoms with van der Waals surface area (Å²) in [6, 6.07) is 0. The fourth-order valence-electron chi connectivity index (χ4n) is 2.85. The third kappa shape index (κ3) is 4.23. The summed E-state index contributed by atoms with van der Waals surface area (Å²) in [6.45, 7) is 18.3. The lowest BCUT2D eigenvalue weighted by Gasteiger charge is -2.37. The fourth-order valence-corrected chi connectivity index (χ4v) is 2.85. The summed E-state index contributed by atoms with van der Waals surface area (Å²) in [7, 11) is -0.306. The lowest BCUT2D eigenvalue weighted by atomic mass is 9.59. The molecule has 5 heteroatoms. The van der Waals surface area contributed by atoms with Gasteiger partial charge in [-0.15, -0.1) is 0 Å². The van der Waals surface area contributed by atoms with Crippen LogP contribution in [0.5, 0.6) is 0 Å². The molecule has 0 radical (unpaired) electrons. The minimum atomic E-state index is -0.378. The average molecular weight is 297 g/mol.